The Kier molecular flexibility index (Phi) is 4.34. The lowest BCUT2D eigenvalue weighted by molar-refractivity contribution is -0.120. The minimum Gasteiger partial charge on any atom is -0.347 e. The molecule has 1 amide bonds. The highest BCUT2D eigenvalue weighted by Gasteiger charge is 2.12. The zero-order valence-electron chi connectivity index (χ0n) is 12.2. The van der Waals surface area contributed by atoms with Gasteiger partial charge in [-0.15, -0.1) is 11.3 Å². The van der Waals surface area contributed by atoms with E-state index >= 15 is 0 Å². The fourth-order valence-corrected chi connectivity index (χ4v) is 2.84. The number of rotatable bonds is 6. The van der Waals surface area contributed by atoms with Crippen LogP contribution in [0.2, 0.25) is 0 Å². The number of thiophene rings is 1. The van der Waals surface area contributed by atoms with E-state index in [4.69, 9.17) is 4.52 Å². The van der Waals surface area contributed by atoms with Crippen LogP contribution in [0.4, 0.5) is 0 Å². The van der Waals surface area contributed by atoms with E-state index in [1.54, 1.807) is 11.3 Å². The number of aromatic nitrogens is 3. The number of aryl methyl sites for hydroxylation is 1. The highest BCUT2D eigenvalue weighted by Crippen LogP contribution is 2.16. The number of hydrogen-bond acceptors (Lipinski definition) is 5. The molecule has 0 fully saturated rings. The predicted octanol–water partition coefficient (Wildman–Crippen LogP) is 2.48. The van der Waals surface area contributed by atoms with Gasteiger partial charge in [0, 0.05) is 17.6 Å². The third-order valence-electron chi connectivity index (χ3n) is 3.22. The monoisotopic (exact) mass is 316 g/mol. The van der Waals surface area contributed by atoms with Crippen LogP contribution >= 0.6 is 11.3 Å². The van der Waals surface area contributed by atoms with Crippen LogP contribution in [0.5, 0.6) is 0 Å². The summed E-state index contributed by atoms with van der Waals surface area (Å²) in [4.78, 5) is 17.2. The van der Waals surface area contributed by atoms with Crippen molar-refractivity contribution in [2.75, 3.05) is 0 Å². The van der Waals surface area contributed by atoms with Gasteiger partial charge in [-0.25, -0.2) is 0 Å². The smallest absolute Gasteiger partial charge is 0.246 e. The van der Waals surface area contributed by atoms with Crippen molar-refractivity contribution in [1.29, 1.82) is 0 Å². The van der Waals surface area contributed by atoms with Gasteiger partial charge in [-0.2, -0.15) is 4.98 Å². The Hall–Kier alpha value is -2.41. The van der Waals surface area contributed by atoms with Crippen molar-refractivity contribution in [3.63, 3.8) is 0 Å². The first-order chi connectivity index (χ1) is 10.8. The number of carbonyl (C=O) groups excluding carboxylic acids is 1. The zero-order chi connectivity index (χ0) is 15.4. The molecule has 0 spiro atoms. The molecule has 3 heterocycles. The zero-order valence-corrected chi connectivity index (χ0v) is 13.0. The summed E-state index contributed by atoms with van der Waals surface area (Å²) in [5, 5.41) is 8.71. The molecule has 0 aliphatic rings. The second-order valence-corrected chi connectivity index (χ2v) is 5.76. The van der Waals surface area contributed by atoms with Crippen molar-refractivity contribution < 1.29 is 9.32 Å². The number of hydrogen-bond donors (Lipinski definition) is 1. The molecule has 0 saturated heterocycles. The van der Waals surface area contributed by atoms with E-state index in [9.17, 15) is 4.79 Å². The molecular formula is C15H16N4O2S. The summed E-state index contributed by atoms with van der Waals surface area (Å²) in [5.41, 5.74) is 0.905. The number of amides is 1. The van der Waals surface area contributed by atoms with Gasteiger partial charge >= 0.3 is 0 Å². The van der Waals surface area contributed by atoms with Crippen molar-refractivity contribution in [2.45, 2.75) is 26.4 Å². The summed E-state index contributed by atoms with van der Waals surface area (Å²) < 4.78 is 7.22. The average Bonchev–Trinajstić information content (AvgIpc) is 3.25. The van der Waals surface area contributed by atoms with E-state index < -0.39 is 0 Å². The fourth-order valence-electron chi connectivity index (χ4n) is 2.13. The van der Waals surface area contributed by atoms with Gasteiger partial charge in [0.15, 0.2) is 0 Å². The maximum absolute atomic E-state index is 11.8. The van der Waals surface area contributed by atoms with E-state index in [-0.39, 0.29) is 12.5 Å². The normalized spacial score (nSPS) is 10.8. The fraction of sp³-hybridized carbons (Fsp3) is 0.267. The summed E-state index contributed by atoms with van der Waals surface area (Å²) >= 11 is 1.56. The molecule has 0 unspecified atom stereocenters. The van der Waals surface area contributed by atoms with Gasteiger partial charge in [-0.3, -0.25) is 4.79 Å². The van der Waals surface area contributed by atoms with Crippen LogP contribution in [0, 0.1) is 0 Å². The molecule has 0 bridgehead atoms. The number of carbonyl (C=O) groups is 1. The molecule has 0 aromatic carbocycles. The summed E-state index contributed by atoms with van der Waals surface area (Å²) in [6.45, 7) is 3.13. The molecular weight excluding hydrogens is 300 g/mol. The molecule has 0 saturated carbocycles. The summed E-state index contributed by atoms with van der Waals surface area (Å²) in [6, 6.07) is 7.75. The van der Waals surface area contributed by atoms with Crippen molar-refractivity contribution in [1.82, 2.24) is 20.0 Å². The van der Waals surface area contributed by atoms with Crippen molar-refractivity contribution in [3.05, 3.63) is 46.6 Å². The third kappa shape index (κ3) is 3.25. The first-order valence-corrected chi connectivity index (χ1v) is 7.91. The molecule has 0 atom stereocenters. The Morgan fingerprint density at radius 2 is 2.32 bits per heavy atom. The maximum Gasteiger partial charge on any atom is 0.246 e. The van der Waals surface area contributed by atoms with E-state index in [0.29, 0.717) is 18.1 Å². The summed E-state index contributed by atoms with van der Waals surface area (Å²) in [7, 11) is 0. The van der Waals surface area contributed by atoms with Gasteiger partial charge in [0.25, 0.3) is 0 Å². The van der Waals surface area contributed by atoms with Crippen LogP contribution in [-0.2, 0) is 24.3 Å². The Labute approximate surface area is 131 Å². The SMILES string of the molecule is CCn1cccc1-c1noc(CNC(=O)Cc2cccs2)n1. The van der Waals surface area contributed by atoms with Crippen LogP contribution in [0.15, 0.2) is 40.4 Å². The topological polar surface area (TPSA) is 73.0 Å². The van der Waals surface area contributed by atoms with Crippen LogP contribution in [0.25, 0.3) is 11.5 Å². The highest BCUT2D eigenvalue weighted by molar-refractivity contribution is 7.10. The van der Waals surface area contributed by atoms with Crippen molar-refractivity contribution in [2.24, 2.45) is 0 Å². The average molecular weight is 316 g/mol. The Balaban J connectivity index is 1.59. The number of nitrogens with one attached hydrogen (secondary N) is 1. The minimum atomic E-state index is -0.0564. The highest BCUT2D eigenvalue weighted by atomic mass is 32.1. The van der Waals surface area contributed by atoms with E-state index in [1.165, 1.54) is 0 Å². The molecule has 6 nitrogen and oxygen atoms in total. The molecule has 22 heavy (non-hydrogen) atoms. The lowest BCUT2D eigenvalue weighted by Gasteiger charge is -2.01. The van der Waals surface area contributed by atoms with Gasteiger partial charge in [0.1, 0.15) is 0 Å². The molecule has 0 aliphatic carbocycles. The molecule has 114 valence electrons. The van der Waals surface area contributed by atoms with E-state index in [1.807, 2.05) is 40.4 Å². The molecule has 1 N–H and O–H groups in total. The quantitative estimate of drug-likeness (QED) is 0.758. The third-order valence-corrected chi connectivity index (χ3v) is 4.10. The van der Waals surface area contributed by atoms with Gasteiger partial charge < -0.3 is 14.4 Å². The lowest BCUT2D eigenvalue weighted by atomic mass is 10.3. The van der Waals surface area contributed by atoms with Crippen LogP contribution < -0.4 is 5.32 Å². The second-order valence-electron chi connectivity index (χ2n) is 4.72. The Bertz CT molecular complexity index is 745. The van der Waals surface area contributed by atoms with Crippen LogP contribution in [0.1, 0.15) is 17.7 Å². The van der Waals surface area contributed by atoms with Crippen molar-refractivity contribution >= 4 is 17.2 Å². The molecule has 0 radical (unpaired) electrons. The molecule has 3 aromatic heterocycles. The van der Waals surface area contributed by atoms with Gasteiger partial charge in [-0.05, 0) is 30.5 Å². The standard InChI is InChI=1S/C15H16N4O2S/c1-2-19-7-3-6-12(19)15-17-14(21-18-15)10-16-13(20)9-11-5-4-8-22-11/h3-8H,2,9-10H2,1H3,(H,16,20). The van der Waals surface area contributed by atoms with Gasteiger partial charge in [0.05, 0.1) is 18.7 Å². The maximum atomic E-state index is 11.8. The first-order valence-electron chi connectivity index (χ1n) is 7.03. The molecule has 7 heteroatoms. The number of nitrogens with zero attached hydrogens (tertiary/aromatic N) is 3. The summed E-state index contributed by atoms with van der Waals surface area (Å²) in [6.07, 6.45) is 2.34. The van der Waals surface area contributed by atoms with Crippen molar-refractivity contribution in [3.8, 4) is 11.5 Å². The van der Waals surface area contributed by atoms with Crippen LogP contribution in [0.3, 0.4) is 0 Å². The largest absolute Gasteiger partial charge is 0.347 e. The predicted molar refractivity (Wildman–Crippen MR) is 83.3 cm³/mol. The molecule has 3 aromatic rings. The van der Waals surface area contributed by atoms with E-state index in [0.717, 1.165) is 17.1 Å². The van der Waals surface area contributed by atoms with E-state index in [2.05, 4.69) is 22.4 Å². The Morgan fingerprint density at radius 1 is 1.41 bits per heavy atom. The van der Waals surface area contributed by atoms with Crippen LogP contribution in [-0.4, -0.2) is 20.6 Å². The first kappa shape index (κ1) is 14.5. The minimum absolute atomic E-state index is 0.0564. The lowest BCUT2D eigenvalue weighted by Crippen LogP contribution is -2.24. The Morgan fingerprint density at radius 3 is 3.09 bits per heavy atom. The molecule has 0 aliphatic heterocycles. The molecule has 3 rings (SSSR count). The second kappa shape index (κ2) is 6.57. The van der Waals surface area contributed by atoms with Gasteiger partial charge in [0.2, 0.25) is 17.6 Å². The van der Waals surface area contributed by atoms with Gasteiger partial charge in [-0.1, -0.05) is 11.2 Å². The summed E-state index contributed by atoms with van der Waals surface area (Å²) in [5.74, 6) is 0.881.